The molecule has 1 heteroatoms. The largest absolute Gasteiger partial charge is 0.309 e. The maximum Gasteiger partial charge on any atom is 0.0208 e. The number of allylic oxidation sites excluding steroid dienone is 1. The van der Waals surface area contributed by atoms with Gasteiger partial charge in [0.1, 0.15) is 0 Å². The third-order valence-electron chi connectivity index (χ3n) is 1.91. The summed E-state index contributed by atoms with van der Waals surface area (Å²) in [6.07, 6.45) is 4.18. The van der Waals surface area contributed by atoms with Crippen LogP contribution in [0.2, 0.25) is 0 Å². The van der Waals surface area contributed by atoms with Crippen molar-refractivity contribution in [2.75, 3.05) is 6.54 Å². The van der Waals surface area contributed by atoms with Crippen LogP contribution in [0.5, 0.6) is 0 Å². The Morgan fingerprint density at radius 3 is 3.00 bits per heavy atom. The van der Waals surface area contributed by atoms with Crippen molar-refractivity contribution in [3.63, 3.8) is 0 Å². The van der Waals surface area contributed by atoms with Crippen molar-refractivity contribution in [2.45, 2.75) is 20.4 Å². The van der Waals surface area contributed by atoms with Gasteiger partial charge >= 0.3 is 0 Å². The summed E-state index contributed by atoms with van der Waals surface area (Å²) in [6, 6.07) is 8.58. The van der Waals surface area contributed by atoms with Crippen molar-refractivity contribution in [1.82, 2.24) is 5.32 Å². The normalized spacial score (nSPS) is 10.9. The van der Waals surface area contributed by atoms with Crippen molar-refractivity contribution in [2.24, 2.45) is 0 Å². The molecule has 0 radical (unpaired) electrons. The molecule has 0 fully saturated rings. The van der Waals surface area contributed by atoms with Gasteiger partial charge < -0.3 is 5.32 Å². The summed E-state index contributed by atoms with van der Waals surface area (Å²) in [4.78, 5) is 0. The van der Waals surface area contributed by atoms with Gasteiger partial charge in [0.15, 0.2) is 0 Å². The van der Waals surface area contributed by atoms with Crippen LogP contribution < -0.4 is 5.32 Å². The van der Waals surface area contributed by atoms with Crippen molar-refractivity contribution in [3.05, 3.63) is 47.5 Å². The number of benzene rings is 1. The Labute approximate surface area is 82.0 Å². The van der Waals surface area contributed by atoms with E-state index in [1.807, 2.05) is 6.92 Å². The molecular weight excluding hydrogens is 158 g/mol. The summed E-state index contributed by atoms with van der Waals surface area (Å²) in [5.74, 6) is 0. The van der Waals surface area contributed by atoms with E-state index in [1.165, 1.54) is 11.1 Å². The zero-order valence-corrected chi connectivity index (χ0v) is 8.38. The first-order chi connectivity index (χ1) is 6.33. The molecule has 0 aliphatic carbocycles. The molecule has 0 aliphatic heterocycles. The Morgan fingerprint density at radius 2 is 2.31 bits per heavy atom. The van der Waals surface area contributed by atoms with Crippen LogP contribution in [0.15, 0.2) is 36.4 Å². The van der Waals surface area contributed by atoms with Crippen molar-refractivity contribution < 1.29 is 1.43 Å². The molecule has 1 aromatic rings. The summed E-state index contributed by atoms with van der Waals surface area (Å²) in [6.45, 7) is 6.06. The van der Waals surface area contributed by atoms with E-state index in [4.69, 9.17) is 0 Å². The highest BCUT2D eigenvalue weighted by atomic mass is 14.8. The summed E-state index contributed by atoms with van der Waals surface area (Å²) < 4.78 is 0. The van der Waals surface area contributed by atoms with Crippen LogP contribution in [0, 0.1) is 6.92 Å². The van der Waals surface area contributed by atoms with Crippen LogP contribution in [-0.4, -0.2) is 6.54 Å². The molecule has 1 aromatic carbocycles. The first kappa shape index (κ1) is 10.0. The standard InChI is InChI=1S/C12H17N.H2/c1-3-4-8-13-10-12-7-5-6-11(2)9-12;/h3-7,9,13H,8,10H2,1-2H3;1H/b4-3+;. The third-order valence-corrected chi connectivity index (χ3v) is 1.91. The predicted octanol–water partition coefficient (Wildman–Crippen LogP) is 2.91. The lowest BCUT2D eigenvalue weighted by atomic mass is 10.1. The Bertz CT molecular complexity index is 281. The maximum absolute atomic E-state index is 3.34. The van der Waals surface area contributed by atoms with Gasteiger partial charge in [0.2, 0.25) is 0 Å². The fraction of sp³-hybridized carbons (Fsp3) is 0.333. The van der Waals surface area contributed by atoms with E-state index in [1.54, 1.807) is 0 Å². The Balaban J connectivity index is 0.00000169. The van der Waals surface area contributed by atoms with Gasteiger partial charge in [-0.2, -0.15) is 0 Å². The Morgan fingerprint density at radius 1 is 1.46 bits per heavy atom. The van der Waals surface area contributed by atoms with Crippen LogP contribution in [0.1, 0.15) is 19.5 Å². The summed E-state index contributed by atoms with van der Waals surface area (Å²) in [5, 5.41) is 3.34. The Kier molecular flexibility index (Phi) is 4.27. The monoisotopic (exact) mass is 177 g/mol. The average Bonchev–Trinajstić information content (AvgIpc) is 2.13. The van der Waals surface area contributed by atoms with Gasteiger partial charge in [-0.3, -0.25) is 0 Å². The molecule has 1 N–H and O–H groups in total. The topological polar surface area (TPSA) is 12.0 Å². The molecule has 0 bridgehead atoms. The van der Waals surface area contributed by atoms with Crippen LogP contribution in [0.4, 0.5) is 0 Å². The van der Waals surface area contributed by atoms with Crippen LogP contribution in [-0.2, 0) is 6.54 Å². The molecule has 0 atom stereocenters. The quantitative estimate of drug-likeness (QED) is 0.551. The molecule has 0 saturated carbocycles. The highest BCUT2D eigenvalue weighted by Crippen LogP contribution is 2.02. The van der Waals surface area contributed by atoms with Crippen molar-refractivity contribution >= 4 is 0 Å². The molecule has 0 heterocycles. The SMILES string of the molecule is C/C=C/CNCc1cccc(C)c1.[HH]. The summed E-state index contributed by atoms with van der Waals surface area (Å²) in [5.41, 5.74) is 2.68. The summed E-state index contributed by atoms with van der Waals surface area (Å²) >= 11 is 0. The first-order valence-electron chi connectivity index (χ1n) is 4.70. The molecule has 0 aromatic heterocycles. The number of nitrogens with one attached hydrogen (secondary N) is 1. The van der Waals surface area contributed by atoms with Gasteiger partial charge in [0.05, 0.1) is 0 Å². The van der Waals surface area contributed by atoms with Gasteiger partial charge in [-0.25, -0.2) is 0 Å². The van der Waals surface area contributed by atoms with E-state index in [0.29, 0.717) is 0 Å². The first-order valence-corrected chi connectivity index (χ1v) is 4.70. The van der Waals surface area contributed by atoms with E-state index >= 15 is 0 Å². The van der Waals surface area contributed by atoms with Crippen LogP contribution in [0.3, 0.4) is 0 Å². The van der Waals surface area contributed by atoms with Gasteiger partial charge in [0, 0.05) is 14.5 Å². The minimum atomic E-state index is 0. The fourth-order valence-corrected chi connectivity index (χ4v) is 1.24. The maximum atomic E-state index is 3.34. The second-order valence-electron chi connectivity index (χ2n) is 3.19. The lowest BCUT2D eigenvalue weighted by molar-refractivity contribution is 0.759. The highest BCUT2D eigenvalue weighted by Gasteiger charge is 1.90. The molecule has 0 unspecified atom stereocenters. The molecule has 0 spiro atoms. The zero-order chi connectivity index (χ0) is 9.52. The number of rotatable bonds is 4. The van der Waals surface area contributed by atoms with Gasteiger partial charge in [-0.15, -0.1) is 0 Å². The molecule has 1 nitrogen and oxygen atoms in total. The second kappa shape index (κ2) is 5.55. The molecular formula is C12H19N. The van der Waals surface area contributed by atoms with E-state index in [9.17, 15) is 0 Å². The lowest BCUT2D eigenvalue weighted by Gasteiger charge is -2.02. The minimum Gasteiger partial charge on any atom is -0.309 e. The van der Waals surface area contributed by atoms with E-state index in [-0.39, 0.29) is 1.43 Å². The minimum absolute atomic E-state index is 0. The average molecular weight is 177 g/mol. The number of hydrogen-bond acceptors (Lipinski definition) is 1. The molecule has 0 saturated heterocycles. The van der Waals surface area contributed by atoms with Crippen LogP contribution >= 0.6 is 0 Å². The summed E-state index contributed by atoms with van der Waals surface area (Å²) in [7, 11) is 0. The third kappa shape index (κ3) is 3.90. The second-order valence-corrected chi connectivity index (χ2v) is 3.19. The number of aryl methyl sites for hydroxylation is 1. The van der Waals surface area contributed by atoms with Crippen LogP contribution in [0.25, 0.3) is 0 Å². The predicted molar refractivity (Wildman–Crippen MR) is 59.8 cm³/mol. The van der Waals surface area contributed by atoms with E-state index in [0.717, 1.165) is 13.1 Å². The zero-order valence-electron chi connectivity index (χ0n) is 8.38. The van der Waals surface area contributed by atoms with Crippen molar-refractivity contribution in [3.8, 4) is 0 Å². The highest BCUT2D eigenvalue weighted by molar-refractivity contribution is 5.21. The fourth-order valence-electron chi connectivity index (χ4n) is 1.24. The van der Waals surface area contributed by atoms with Gasteiger partial charge in [0.25, 0.3) is 0 Å². The molecule has 1 rings (SSSR count). The van der Waals surface area contributed by atoms with Gasteiger partial charge in [-0.1, -0.05) is 42.0 Å². The smallest absolute Gasteiger partial charge is 0.0208 e. The molecule has 0 amide bonds. The van der Waals surface area contributed by atoms with Crippen molar-refractivity contribution in [1.29, 1.82) is 0 Å². The molecule has 13 heavy (non-hydrogen) atoms. The van der Waals surface area contributed by atoms with Gasteiger partial charge in [-0.05, 0) is 19.4 Å². The van der Waals surface area contributed by atoms with E-state index < -0.39 is 0 Å². The van der Waals surface area contributed by atoms with E-state index in [2.05, 4.69) is 48.7 Å². The molecule has 0 aliphatic rings. The molecule has 72 valence electrons. The Hall–Kier alpha value is -1.08. The number of hydrogen-bond donors (Lipinski definition) is 1. The lowest BCUT2D eigenvalue weighted by Crippen LogP contribution is -2.12.